The number of likely N-dealkylation sites (tertiary alicyclic amines) is 1. The van der Waals surface area contributed by atoms with Crippen LogP contribution in [0.15, 0.2) is 18.2 Å². The molecule has 2 aliphatic rings. The predicted molar refractivity (Wildman–Crippen MR) is 80.4 cm³/mol. The molecule has 1 aromatic carbocycles. The minimum Gasteiger partial charge on any atom is -0.364 e. The van der Waals surface area contributed by atoms with E-state index in [1.807, 2.05) is 0 Å². The molecule has 7 heteroatoms. The van der Waals surface area contributed by atoms with Crippen LogP contribution >= 0.6 is 0 Å². The molecule has 2 aliphatic heterocycles. The Kier molecular flexibility index (Phi) is 3.41. The molecule has 0 radical (unpaired) electrons. The lowest BCUT2D eigenvalue weighted by Gasteiger charge is -2.40. The number of hydrogen-bond donors (Lipinski definition) is 1. The fraction of sp³-hybridized carbons (Fsp3) is 0.533. The van der Waals surface area contributed by atoms with E-state index in [2.05, 4.69) is 6.92 Å². The summed E-state index contributed by atoms with van der Waals surface area (Å²) in [5.74, 6) is -0.0734. The second-order valence-corrected chi connectivity index (χ2v) is 6.19. The van der Waals surface area contributed by atoms with Gasteiger partial charge in [-0.3, -0.25) is 19.8 Å². The number of non-ortho nitro benzene ring substituents is 1. The van der Waals surface area contributed by atoms with E-state index in [4.69, 9.17) is 0 Å². The van der Waals surface area contributed by atoms with Crippen LogP contribution in [0.25, 0.3) is 0 Å². The topological polar surface area (TPSA) is 86.9 Å². The molecule has 1 amide bonds. The summed E-state index contributed by atoms with van der Waals surface area (Å²) in [5.41, 5.74) is -1.09. The molecule has 0 spiro atoms. The number of rotatable bonds is 2. The Labute approximate surface area is 128 Å². The Morgan fingerprint density at radius 3 is 2.82 bits per heavy atom. The molecular formula is C15H19N3O4. The van der Waals surface area contributed by atoms with Crippen molar-refractivity contribution in [3.05, 3.63) is 33.9 Å². The van der Waals surface area contributed by atoms with E-state index in [1.165, 1.54) is 23.1 Å². The standard InChI is InChI=1S/C15H19N3O4/c1-10-4-3-7-17(9-10)15(20)12-8-11(18(21)22)5-6-13(12)16(2)14(15)19/h5-6,8,10,20H,3-4,7,9H2,1-2H3/t10-,15+/m1/s1. The minimum atomic E-state index is -1.80. The van der Waals surface area contributed by atoms with Gasteiger partial charge >= 0.3 is 0 Å². The molecular weight excluding hydrogens is 286 g/mol. The van der Waals surface area contributed by atoms with Crippen LogP contribution in [0.2, 0.25) is 0 Å². The molecule has 1 saturated heterocycles. The van der Waals surface area contributed by atoms with Gasteiger partial charge in [0, 0.05) is 37.8 Å². The molecule has 3 rings (SSSR count). The van der Waals surface area contributed by atoms with Crippen molar-refractivity contribution in [1.29, 1.82) is 0 Å². The maximum Gasteiger partial charge on any atom is 0.279 e. The van der Waals surface area contributed by atoms with E-state index >= 15 is 0 Å². The van der Waals surface area contributed by atoms with Crippen LogP contribution in [0.1, 0.15) is 25.3 Å². The van der Waals surface area contributed by atoms with Crippen molar-refractivity contribution in [2.45, 2.75) is 25.5 Å². The Balaban J connectivity index is 2.10. The quantitative estimate of drug-likeness (QED) is 0.660. The fourth-order valence-corrected chi connectivity index (χ4v) is 3.46. The highest BCUT2D eigenvalue weighted by Gasteiger charge is 2.53. The SMILES string of the molecule is C[C@@H]1CCCN([C@@]2(O)C(=O)N(C)c3ccc([N+](=O)[O-])cc32)C1. The lowest BCUT2D eigenvalue weighted by Crippen LogP contribution is -2.55. The molecule has 0 aromatic heterocycles. The second-order valence-electron chi connectivity index (χ2n) is 6.19. The third kappa shape index (κ3) is 2.00. The lowest BCUT2D eigenvalue weighted by molar-refractivity contribution is -0.385. The molecule has 1 fully saturated rings. The molecule has 1 N–H and O–H groups in total. The van der Waals surface area contributed by atoms with Crippen molar-refractivity contribution in [3.8, 4) is 0 Å². The number of anilines is 1. The second kappa shape index (κ2) is 5.03. The summed E-state index contributed by atoms with van der Waals surface area (Å²) in [6.45, 7) is 3.27. The monoisotopic (exact) mass is 305 g/mol. The molecule has 118 valence electrons. The number of aliphatic hydroxyl groups is 1. The highest BCUT2D eigenvalue weighted by molar-refractivity contribution is 6.06. The molecule has 0 aliphatic carbocycles. The Bertz CT molecular complexity index is 648. The van der Waals surface area contributed by atoms with Gasteiger partial charge in [0.25, 0.3) is 11.6 Å². The number of amides is 1. The number of nitro groups is 1. The number of carbonyl (C=O) groups is 1. The maximum absolute atomic E-state index is 12.6. The van der Waals surface area contributed by atoms with E-state index < -0.39 is 16.6 Å². The van der Waals surface area contributed by atoms with Gasteiger partial charge in [-0.1, -0.05) is 6.92 Å². The lowest BCUT2D eigenvalue weighted by atomic mass is 9.94. The molecule has 1 aromatic rings. The fourth-order valence-electron chi connectivity index (χ4n) is 3.46. The van der Waals surface area contributed by atoms with Gasteiger partial charge in [-0.05, 0) is 24.8 Å². The van der Waals surface area contributed by atoms with Gasteiger partial charge in [0.1, 0.15) is 0 Å². The summed E-state index contributed by atoms with van der Waals surface area (Å²) in [6.07, 6.45) is 1.95. The summed E-state index contributed by atoms with van der Waals surface area (Å²) >= 11 is 0. The Morgan fingerprint density at radius 1 is 1.45 bits per heavy atom. The summed E-state index contributed by atoms with van der Waals surface area (Å²) in [4.78, 5) is 26.3. The van der Waals surface area contributed by atoms with Crippen molar-refractivity contribution < 1.29 is 14.8 Å². The van der Waals surface area contributed by atoms with Crippen molar-refractivity contribution in [1.82, 2.24) is 4.90 Å². The van der Waals surface area contributed by atoms with E-state index in [0.717, 1.165) is 12.8 Å². The van der Waals surface area contributed by atoms with Gasteiger partial charge in [-0.25, -0.2) is 0 Å². The summed E-state index contributed by atoms with van der Waals surface area (Å²) < 4.78 is 0. The smallest absolute Gasteiger partial charge is 0.279 e. The first-order valence-corrected chi connectivity index (χ1v) is 7.40. The summed E-state index contributed by atoms with van der Waals surface area (Å²) in [7, 11) is 1.58. The van der Waals surface area contributed by atoms with Crippen LogP contribution in [0.3, 0.4) is 0 Å². The molecule has 0 unspecified atom stereocenters. The highest BCUT2D eigenvalue weighted by Crippen LogP contribution is 2.44. The Hall–Kier alpha value is -1.99. The molecule has 7 nitrogen and oxygen atoms in total. The average molecular weight is 305 g/mol. The van der Waals surface area contributed by atoms with Crippen LogP contribution in [0, 0.1) is 16.0 Å². The van der Waals surface area contributed by atoms with Crippen LogP contribution in [0.5, 0.6) is 0 Å². The van der Waals surface area contributed by atoms with Gasteiger partial charge in [0.05, 0.1) is 10.6 Å². The maximum atomic E-state index is 12.6. The van der Waals surface area contributed by atoms with Crippen molar-refractivity contribution in [2.24, 2.45) is 5.92 Å². The number of benzene rings is 1. The number of nitro benzene ring substituents is 1. The zero-order valence-corrected chi connectivity index (χ0v) is 12.7. The third-order valence-corrected chi connectivity index (χ3v) is 4.65. The number of fused-ring (bicyclic) bond motifs is 1. The first-order chi connectivity index (χ1) is 10.4. The van der Waals surface area contributed by atoms with Gasteiger partial charge < -0.3 is 10.0 Å². The molecule has 2 heterocycles. The normalized spacial score (nSPS) is 28.8. The van der Waals surface area contributed by atoms with Gasteiger partial charge in [0.15, 0.2) is 0 Å². The van der Waals surface area contributed by atoms with Crippen LogP contribution < -0.4 is 4.90 Å². The number of likely N-dealkylation sites (N-methyl/N-ethyl adjacent to an activating group) is 1. The van der Waals surface area contributed by atoms with E-state index in [9.17, 15) is 20.0 Å². The minimum absolute atomic E-state index is 0.120. The van der Waals surface area contributed by atoms with Crippen LogP contribution in [0.4, 0.5) is 11.4 Å². The van der Waals surface area contributed by atoms with Gasteiger partial charge in [-0.15, -0.1) is 0 Å². The van der Waals surface area contributed by atoms with Crippen LogP contribution in [-0.2, 0) is 10.5 Å². The van der Waals surface area contributed by atoms with E-state index in [0.29, 0.717) is 30.3 Å². The summed E-state index contributed by atoms with van der Waals surface area (Å²) in [6, 6.07) is 4.19. The zero-order valence-electron chi connectivity index (χ0n) is 12.7. The van der Waals surface area contributed by atoms with E-state index in [1.54, 1.807) is 11.9 Å². The van der Waals surface area contributed by atoms with E-state index in [-0.39, 0.29) is 5.69 Å². The average Bonchev–Trinajstić information content (AvgIpc) is 2.70. The largest absolute Gasteiger partial charge is 0.364 e. The van der Waals surface area contributed by atoms with Crippen molar-refractivity contribution in [2.75, 3.05) is 25.0 Å². The summed E-state index contributed by atoms with van der Waals surface area (Å²) in [5, 5.41) is 22.2. The first-order valence-electron chi connectivity index (χ1n) is 7.40. The van der Waals surface area contributed by atoms with Crippen molar-refractivity contribution in [3.63, 3.8) is 0 Å². The third-order valence-electron chi connectivity index (χ3n) is 4.65. The number of carbonyl (C=O) groups excluding carboxylic acids is 1. The molecule has 2 atom stereocenters. The molecule has 0 bridgehead atoms. The number of piperidine rings is 1. The number of hydrogen-bond acceptors (Lipinski definition) is 5. The Morgan fingerprint density at radius 2 is 2.18 bits per heavy atom. The highest BCUT2D eigenvalue weighted by atomic mass is 16.6. The van der Waals surface area contributed by atoms with Crippen molar-refractivity contribution >= 4 is 17.3 Å². The molecule has 0 saturated carbocycles. The first kappa shape index (κ1) is 14.9. The van der Waals surface area contributed by atoms with Gasteiger partial charge in [0.2, 0.25) is 5.72 Å². The molecule has 22 heavy (non-hydrogen) atoms. The van der Waals surface area contributed by atoms with Crippen LogP contribution in [-0.4, -0.2) is 41.0 Å². The zero-order chi connectivity index (χ0) is 16.1. The number of nitrogens with zero attached hydrogens (tertiary/aromatic N) is 3. The predicted octanol–water partition coefficient (Wildman–Crippen LogP) is 1.45. The van der Waals surface area contributed by atoms with Gasteiger partial charge in [-0.2, -0.15) is 0 Å².